The number of aliphatic imine (C=N–C) groups is 3. The van der Waals surface area contributed by atoms with Gasteiger partial charge < -0.3 is 9.64 Å². The van der Waals surface area contributed by atoms with Crippen LogP contribution in [0.2, 0.25) is 0 Å². The first kappa shape index (κ1) is 18.8. The Morgan fingerprint density at radius 1 is 1.24 bits per heavy atom. The molecule has 3 unspecified atom stereocenters. The Balaban J connectivity index is 1.26. The summed E-state index contributed by atoms with van der Waals surface area (Å²) in [6.07, 6.45) is 15.9. The van der Waals surface area contributed by atoms with E-state index in [0.29, 0.717) is 23.7 Å². The number of piperidine rings is 1. The zero-order valence-corrected chi connectivity index (χ0v) is 17.5. The number of hydrogen-bond donors (Lipinski definition) is 0. The van der Waals surface area contributed by atoms with E-state index in [1.807, 2.05) is 7.11 Å². The van der Waals surface area contributed by atoms with Crippen molar-refractivity contribution in [3.63, 3.8) is 0 Å². The summed E-state index contributed by atoms with van der Waals surface area (Å²) < 4.78 is 5.85. The summed E-state index contributed by atoms with van der Waals surface area (Å²) in [4.78, 5) is 16.4. The molecule has 2 aliphatic carbocycles. The van der Waals surface area contributed by atoms with Gasteiger partial charge in [0.1, 0.15) is 11.7 Å². The minimum Gasteiger partial charge on any atom is -0.501 e. The van der Waals surface area contributed by atoms with Crippen LogP contribution in [0.1, 0.15) is 38.5 Å². The van der Waals surface area contributed by atoms with E-state index in [1.54, 1.807) is 0 Å². The molecule has 0 bridgehead atoms. The lowest BCUT2D eigenvalue weighted by atomic mass is 9.82. The lowest BCUT2D eigenvalue weighted by molar-refractivity contribution is 0.200. The van der Waals surface area contributed by atoms with E-state index >= 15 is 0 Å². The molecule has 1 saturated carbocycles. The Morgan fingerprint density at radius 3 is 3.03 bits per heavy atom. The quantitative estimate of drug-likeness (QED) is 0.718. The van der Waals surface area contributed by atoms with E-state index < -0.39 is 0 Å². The third-order valence-corrected chi connectivity index (χ3v) is 7.27. The van der Waals surface area contributed by atoms with Crippen LogP contribution in [0.5, 0.6) is 0 Å². The average Bonchev–Trinajstić information content (AvgIpc) is 3.49. The fraction of sp³-hybridized carbons (Fsp3) is 0.625. The number of hydrogen-bond acceptors (Lipinski definition) is 5. The molecule has 0 aromatic carbocycles. The largest absolute Gasteiger partial charge is 0.501 e. The molecule has 5 atom stereocenters. The number of amidine groups is 2. The smallest absolute Gasteiger partial charge is 0.149 e. The highest BCUT2D eigenvalue weighted by Gasteiger charge is 2.55. The minimum absolute atomic E-state index is 0.402. The number of rotatable bonds is 4. The summed E-state index contributed by atoms with van der Waals surface area (Å²) >= 11 is 0. The molecule has 0 radical (unpaired) electrons. The van der Waals surface area contributed by atoms with Crippen molar-refractivity contribution < 1.29 is 4.74 Å². The van der Waals surface area contributed by atoms with Crippen molar-refractivity contribution in [1.29, 1.82) is 0 Å². The maximum atomic E-state index is 5.85. The Hall–Kier alpha value is -2.17. The molecule has 0 aromatic rings. The average molecular weight is 393 g/mol. The minimum atomic E-state index is 0.402. The molecule has 5 nitrogen and oxygen atoms in total. The van der Waals surface area contributed by atoms with Gasteiger partial charge in [0.15, 0.2) is 0 Å². The third-order valence-electron chi connectivity index (χ3n) is 7.27. The second-order valence-corrected chi connectivity index (χ2v) is 9.06. The van der Waals surface area contributed by atoms with Crippen LogP contribution in [-0.4, -0.2) is 49.5 Å². The van der Waals surface area contributed by atoms with Gasteiger partial charge in [-0.1, -0.05) is 12.7 Å². The van der Waals surface area contributed by atoms with Crippen LogP contribution in [0.4, 0.5) is 0 Å². The number of fused-ring (bicyclic) bond motifs is 2. The summed E-state index contributed by atoms with van der Waals surface area (Å²) in [6, 6.07) is 0. The number of methoxy groups -OCH3 is 1. The first-order valence-electron chi connectivity index (χ1n) is 11.3. The zero-order chi connectivity index (χ0) is 19.8. The summed E-state index contributed by atoms with van der Waals surface area (Å²) in [5.41, 5.74) is 1.04. The second-order valence-electron chi connectivity index (χ2n) is 9.06. The lowest BCUT2D eigenvalue weighted by Crippen LogP contribution is -2.36. The van der Waals surface area contributed by atoms with Crippen molar-refractivity contribution >= 4 is 17.9 Å². The highest BCUT2D eigenvalue weighted by Crippen LogP contribution is 2.58. The first-order chi connectivity index (χ1) is 14.2. The molecule has 154 valence electrons. The molecule has 3 heterocycles. The summed E-state index contributed by atoms with van der Waals surface area (Å²) in [5.74, 6) is 6.26. The van der Waals surface area contributed by atoms with E-state index in [0.717, 1.165) is 62.1 Å². The molecule has 5 heteroatoms. The maximum absolute atomic E-state index is 5.85. The first-order valence-corrected chi connectivity index (χ1v) is 11.3. The summed E-state index contributed by atoms with van der Waals surface area (Å²) in [6.45, 7) is 7.03. The van der Waals surface area contributed by atoms with Crippen molar-refractivity contribution in [2.45, 2.75) is 38.5 Å². The van der Waals surface area contributed by atoms with Crippen LogP contribution in [-0.2, 0) is 4.74 Å². The van der Waals surface area contributed by atoms with Crippen molar-refractivity contribution in [2.75, 3.05) is 26.7 Å². The van der Waals surface area contributed by atoms with Gasteiger partial charge in [-0.05, 0) is 62.0 Å². The van der Waals surface area contributed by atoms with Crippen molar-refractivity contribution in [3.8, 4) is 0 Å². The fourth-order valence-electron chi connectivity index (χ4n) is 5.67. The lowest BCUT2D eigenvalue weighted by Gasteiger charge is -2.28. The molecule has 1 saturated heterocycles. The number of ether oxygens (including phenoxy) is 1. The standard InChI is InChI=1S/C24H32N4O/c1-16-13-19-20(15-26-16)24(19)18-8-6-17(14-21(18)29-2)7-9-22-25-10-12-28-11-4-3-5-23(28)27-22/h7,9,14-15,17-20,24H,1,3-6,8,10-13H2,2H3/b9-7+/t17?,18?,19-,20+,24?/m0/s1. The molecule has 0 N–H and O–H groups in total. The molecule has 0 spiro atoms. The number of nitrogens with zero attached hydrogens (tertiary/aromatic N) is 4. The van der Waals surface area contributed by atoms with E-state index in [2.05, 4.69) is 40.9 Å². The van der Waals surface area contributed by atoms with Gasteiger partial charge in [0.25, 0.3) is 0 Å². The van der Waals surface area contributed by atoms with Crippen LogP contribution in [0, 0.1) is 29.6 Å². The molecule has 5 rings (SSSR count). The Labute approximate surface area is 174 Å². The van der Waals surface area contributed by atoms with Gasteiger partial charge in [0.05, 0.1) is 19.4 Å². The number of allylic oxidation sites excluding steroid dienone is 4. The predicted octanol–water partition coefficient (Wildman–Crippen LogP) is 4.25. The molecule has 5 aliphatic rings. The van der Waals surface area contributed by atoms with E-state index in [9.17, 15) is 0 Å². The normalized spacial score (nSPS) is 36.6. The monoisotopic (exact) mass is 392 g/mol. The third kappa shape index (κ3) is 3.84. The van der Waals surface area contributed by atoms with Gasteiger partial charge in [-0.2, -0.15) is 0 Å². The van der Waals surface area contributed by atoms with Gasteiger partial charge in [-0.25, -0.2) is 4.99 Å². The van der Waals surface area contributed by atoms with Gasteiger partial charge in [-0.3, -0.25) is 9.98 Å². The van der Waals surface area contributed by atoms with Crippen molar-refractivity contribution in [1.82, 2.24) is 4.90 Å². The fourth-order valence-corrected chi connectivity index (χ4v) is 5.67. The summed E-state index contributed by atoms with van der Waals surface area (Å²) in [7, 11) is 1.82. The van der Waals surface area contributed by atoms with Crippen LogP contribution in [0.3, 0.4) is 0 Å². The predicted molar refractivity (Wildman–Crippen MR) is 118 cm³/mol. The van der Waals surface area contributed by atoms with Gasteiger partial charge in [0, 0.05) is 43.3 Å². The molecule has 0 amide bonds. The highest BCUT2D eigenvalue weighted by molar-refractivity contribution is 6.03. The molecule has 29 heavy (non-hydrogen) atoms. The highest BCUT2D eigenvalue weighted by atomic mass is 16.5. The maximum Gasteiger partial charge on any atom is 0.149 e. The van der Waals surface area contributed by atoms with Gasteiger partial charge in [-0.15, -0.1) is 0 Å². The van der Waals surface area contributed by atoms with Crippen LogP contribution < -0.4 is 0 Å². The van der Waals surface area contributed by atoms with E-state index in [1.165, 1.54) is 25.1 Å². The zero-order valence-electron chi connectivity index (χ0n) is 17.5. The van der Waals surface area contributed by atoms with Crippen LogP contribution in [0.25, 0.3) is 0 Å². The Bertz CT molecular complexity index is 821. The van der Waals surface area contributed by atoms with E-state index in [-0.39, 0.29) is 0 Å². The Kier molecular flexibility index (Phi) is 5.15. The van der Waals surface area contributed by atoms with Crippen LogP contribution >= 0.6 is 0 Å². The second kappa shape index (κ2) is 7.92. The topological polar surface area (TPSA) is 49.5 Å². The Morgan fingerprint density at radius 2 is 2.17 bits per heavy atom. The molecule has 3 aliphatic heterocycles. The van der Waals surface area contributed by atoms with Crippen LogP contribution in [0.15, 0.2) is 51.2 Å². The molecule has 2 fully saturated rings. The SMILES string of the molecule is C=C1C[C@@H]2C(C3CCC(/C=C/C4=NCCN5CCCCC5=N4)C=C3OC)[C@@H]2C=N1. The van der Waals surface area contributed by atoms with Crippen molar-refractivity contribution in [2.24, 2.45) is 44.6 Å². The van der Waals surface area contributed by atoms with Crippen molar-refractivity contribution in [3.05, 3.63) is 36.3 Å². The summed E-state index contributed by atoms with van der Waals surface area (Å²) in [5, 5.41) is 0. The molecular weight excluding hydrogens is 360 g/mol. The molecular formula is C24H32N4O. The van der Waals surface area contributed by atoms with Gasteiger partial charge in [0.2, 0.25) is 0 Å². The van der Waals surface area contributed by atoms with E-state index in [4.69, 9.17) is 14.7 Å². The molecule has 0 aromatic heterocycles. The van der Waals surface area contributed by atoms with Gasteiger partial charge >= 0.3 is 0 Å².